The van der Waals surface area contributed by atoms with Crippen molar-refractivity contribution >= 4 is 29.0 Å². The van der Waals surface area contributed by atoms with E-state index in [1.54, 1.807) is 18.2 Å². The summed E-state index contributed by atoms with van der Waals surface area (Å²) in [6.45, 7) is 3.72. The maximum Gasteiger partial charge on any atom is 0.276 e. The third-order valence-corrected chi connectivity index (χ3v) is 4.73. The summed E-state index contributed by atoms with van der Waals surface area (Å²) in [6, 6.07) is 6.66. The molecule has 1 aromatic heterocycles. The Hall–Kier alpha value is -2.58. The summed E-state index contributed by atoms with van der Waals surface area (Å²) < 4.78 is 10.5. The van der Waals surface area contributed by atoms with Gasteiger partial charge in [0.25, 0.3) is 5.91 Å². The normalized spacial score (nSPS) is 14.7. The van der Waals surface area contributed by atoms with E-state index >= 15 is 0 Å². The van der Waals surface area contributed by atoms with E-state index in [4.69, 9.17) is 21.1 Å². The van der Waals surface area contributed by atoms with Crippen LogP contribution in [0.15, 0.2) is 24.3 Å². The van der Waals surface area contributed by atoms with Gasteiger partial charge in [0.05, 0.1) is 24.9 Å². The molecule has 1 saturated heterocycles. The van der Waals surface area contributed by atoms with E-state index in [9.17, 15) is 4.79 Å². The van der Waals surface area contributed by atoms with Crippen LogP contribution in [0, 0.1) is 0 Å². The molecule has 1 N–H and O–H groups in total. The minimum absolute atomic E-state index is 0.212. The molecule has 1 aliphatic rings. The minimum atomic E-state index is -0.393. The minimum Gasteiger partial charge on any atom is -0.495 e. The van der Waals surface area contributed by atoms with E-state index in [0.717, 1.165) is 32.0 Å². The number of methoxy groups -OCH3 is 2. The lowest BCUT2D eigenvalue weighted by atomic mass is 10.2. The molecule has 2 aromatic rings. The molecule has 1 aliphatic heterocycles. The molecule has 0 unspecified atom stereocenters. The quantitative estimate of drug-likeness (QED) is 0.836. The number of nitrogens with one attached hydrogen (secondary N) is 1. The molecule has 0 saturated carbocycles. The van der Waals surface area contributed by atoms with Gasteiger partial charge in [-0.2, -0.15) is 0 Å². The summed E-state index contributed by atoms with van der Waals surface area (Å²) in [7, 11) is 5.09. The summed E-state index contributed by atoms with van der Waals surface area (Å²) in [5.74, 6) is 1.24. The Morgan fingerprint density at radius 3 is 2.37 bits per heavy atom. The number of hydrogen-bond donors (Lipinski definition) is 1. The smallest absolute Gasteiger partial charge is 0.276 e. The maximum absolute atomic E-state index is 12.5. The molecular formula is C18H22ClN5O3. The Kier molecular flexibility index (Phi) is 5.98. The highest BCUT2D eigenvalue weighted by atomic mass is 35.5. The number of hydrogen-bond acceptors (Lipinski definition) is 7. The number of benzene rings is 1. The van der Waals surface area contributed by atoms with E-state index in [-0.39, 0.29) is 5.69 Å². The summed E-state index contributed by atoms with van der Waals surface area (Å²) in [5, 5.41) is 11.4. The average Bonchev–Trinajstić information content (AvgIpc) is 2.69. The van der Waals surface area contributed by atoms with Crippen LogP contribution in [0.3, 0.4) is 0 Å². The number of carbonyl (C=O) groups excluding carboxylic acids is 1. The Bertz CT molecular complexity index is 807. The molecule has 3 rings (SSSR count). The van der Waals surface area contributed by atoms with E-state index in [1.165, 1.54) is 14.2 Å². The van der Waals surface area contributed by atoms with Crippen molar-refractivity contribution in [1.82, 2.24) is 15.1 Å². The van der Waals surface area contributed by atoms with Crippen molar-refractivity contribution in [2.75, 3.05) is 57.7 Å². The first-order valence-corrected chi connectivity index (χ1v) is 8.89. The van der Waals surface area contributed by atoms with Crippen molar-refractivity contribution in [1.29, 1.82) is 0 Å². The zero-order valence-electron chi connectivity index (χ0n) is 15.5. The summed E-state index contributed by atoms with van der Waals surface area (Å²) >= 11 is 6.09. The number of rotatable bonds is 5. The largest absolute Gasteiger partial charge is 0.495 e. The highest BCUT2D eigenvalue weighted by molar-refractivity contribution is 6.32. The lowest BCUT2D eigenvalue weighted by Gasteiger charge is -2.32. The predicted octanol–water partition coefficient (Wildman–Crippen LogP) is 2.15. The molecule has 27 heavy (non-hydrogen) atoms. The fourth-order valence-corrected chi connectivity index (χ4v) is 3.03. The molecule has 144 valence electrons. The Labute approximate surface area is 163 Å². The summed E-state index contributed by atoms with van der Waals surface area (Å²) in [6.07, 6.45) is 0. The zero-order chi connectivity index (χ0) is 19.4. The number of halogens is 1. The number of anilines is 2. The molecule has 9 heteroatoms. The Morgan fingerprint density at radius 1 is 1.07 bits per heavy atom. The van der Waals surface area contributed by atoms with Crippen LogP contribution < -0.4 is 19.7 Å². The first kappa shape index (κ1) is 19.2. The molecule has 1 aromatic carbocycles. The first-order chi connectivity index (χ1) is 13.0. The van der Waals surface area contributed by atoms with Gasteiger partial charge in [-0.25, -0.2) is 0 Å². The van der Waals surface area contributed by atoms with Gasteiger partial charge in [0.15, 0.2) is 11.5 Å². The third kappa shape index (κ3) is 4.40. The van der Waals surface area contributed by atoms with Crippen molar-refractivity contribution in [3.05, 3.63) is 35.0 Å². The number of amides is 1. The van der Waals surface area contributed by atoms with Gasteiger partial charge >= 0.3 is 0 Å². The number of aromatic nitrogens is 2. The van der Waals surface area contributed by atoms with Crippen LogP contribution in [0.5, 0.6) is 11.5 Å². The van der Waals surface area contributed by atoms with E-state index in [1.807, 2.05) is 6.07 Å². The molecule has 0 aliphatic carbocycles. The number of piperazine rings is 1. The fourth-order valence-electron chi connectivity index (χ4n) is 2.80. The fraction of sp³-hybridized carbons (Fsp3) is 0.389. The van der Waals surface area contributed by atoms with Crippen molar-refractivity contribution in [2.24, 2.45) is 0 Å². The monoisotopic (exact) mass is 391 g/mol. The molecule has 1 amide bonds. The number of nitrogens with zero attached hydrogens (tertiary/aromatic N) is 4. The topological polar surface area (TPSA) is 79.8 Å². The molecule has 0 spiro atoms. The van der Waals surface area contributed by atoms with E-state index < -0.39 is 5.91 Å². The highest BCUT2D eigenvalue weighted by Crippen LogP contribution is 2.36. The molecule has 0 atom stereocenters. The van der Waals surface area contributed by atoms with Gasteiger partial charge < -0.3 is 24.6 Å². The van der Waals surface area contributed by atoms with Crippen LogP contribution in [-0.2, 0) is 0 Å². The van der Waals surface area contributed by atoms with Crippen molar-refractivity contribution in [3.63, 3.8) is 0 Å². The molecular weight excluding hydrogens is 370 g/mol. The molecule has 8 nitrogen and oxygen atoms in total. The van der Waals surface area contributed by atoms with Gasteiger partial charge in [-0.05, 0) is 19.2 Å². The van der Waals surface area contributed by atoms with Gasteiger partial charge in [-0.1, -0.05) is 11.6 Å². The molecule has 1 fully saturated rings. The SMILES string of the molecule is COc1cc(NC(=O)c2ccc(N3CCN(C)CC3)nn2)c(OC)cc1Cl. The Balaban J connectivity index is 1.73. The van der Waals surface area contributed by atoms with Crippen LogP contribution >= 0.6 is 11.6 Å². The van der Waals surface area contributed by atoms with Gasteiger partial charge in [0.1, 0.15) is 11.5 Å². The second-order valence-corrected chi connectivity index (χ2v) is 6.62. The van der Waals surface area contributed by atoms with Gasteiger partial charge in [-0.15, -0.1) is 10.2 Å². The number of carbonyl (C=O) groups is 1. The van der Waals surface area contributed by atoms with Crippen molar-refractivity contribution in [3.8, 4) is 11.5 Å². The van der Waals surface area contributed by atoms with Crippen LogP contribution in [0.4, 0.5) is 11.5 Å². The van der Waals surface area contributed by atoms with Crippen LogP contribution in [0.1, 0.15) is 10.5 Å². The zero-order valence-corrected chi connectivity index (χ0v) is 16.3. The molecule has 0 radical (unpaired) electrons. The highest BCUT2D eigenvalue weighted by Gasteiger charge is 2.18. The average molecular weight is 392 g/mol. The van der Waals surface area contributed by atoms with Crippen molar-refractivity contribution in [2.45, 2.75) is 0 Å². The second-order valence-electron chi connectivity index (χ2n) is 6.21. The number of ether oxygens (including phenoxy) is 2. The van der Waals surface area contributed by atoms with E-state index in [0.29, 0.717) is 22.2 Å². The molecule has 2 heterocycles. The Morgan fingerprint density at radius 2 is 1.78 bits per heavy atom. The lowest BCUT2D eigenvalue weighted by Crippen LogP contribution is -2.44. The summed E-state index contributed by atoms with van der Waals surface area (Å²) in [4.78, 5) is 17.0. The standard InChI is InChI=1S/C18H22ClN5O3/c1-23-6-8-24(9-7-23)17-5-4-13(21-22-17)18(25)20-14-11-15(26-2)12(19)10-16(14)27-3/h4-5,10-11H,6-9H2,1-3H3,(H,20,25). The van der Waals surface area contributed by atoms with E-state index in [2.05, 4.69) is 32.4 Å². The maximum atomic E-state index is 12.5. The van der Waals surface area contributed by atoms with Crippen LogP contribution in [0.25, 0.3) is 0 Å². The predicted molar refractivity (Wildman–Crippen MR) is 104 cm³/mol. The summed E-state index contributed by atoms with van der Waals surface area (Å²) in [5.41, 5.74) is 0.651. The van der Waals surface area contributed by atoms with Gasteiger partial charge in [0, 0.05) is 38.3 Å². The lowest BCUT2D eigenvalue weighted by molar-refractivity contribution is 0.102. The van der Waals surface area contributed by atoms with Gasteiger partial charge in [-0.3, -0.25) is 4.79 Å². The van der Waals surface area contributed by atoms with Crippen LogP contribution in [-0.4, -0.2) is 68.5 Å². The second kappa shape index (κ2) is 8.41. The first-order valence-electron chi connectivity index (χ1n) is 8.52. The third-order valence-electron chi connectivity index (χ3n) is 4.43. The number of likely N-dealkylation sites (N-methyl/N-ethyl adjacent to an activating group) is 1. The van der Waals surface area contributed by atoms with Crippen molar-refractivity contribution < 1.29 is 14.3 Å². The molecule has 0 bridgehead atoms. The van der Waals surface area contributed by atoms with Gasteiger partial charge in [0.2, 0.25) is 0 Å². The van der Waals surface area contributed by atoms with Crippen LogP contribution in [0.2, 0.25) is 5.02 Å².